The van der Waals surface area contributed by atoms with E-state index in [1.54, 1.807) is 11.8 Å². The average Bonchev–Trinajstić information content (AvgIpc) is 3.23. The number of benzene rings is 2. The van der Waals surface area contributed by atoms with Crippen LogP contribution in [0.5, 0.6) is 0 Å². The number of aryl methyl sites for hydroxylation is 2. The summed E-state index contributed by atoms with van der Waals surface area (Å²) in [5.41, 5.74) is 4.30. The molecular weight excluding hydrogens is 454 g/mol. The molecule has 3 amide bonds. The molecule has 0 spiro atoms. The molecule has 0 aliphatic heterocycles. The van der Waals surface area contributed by atoms with Gasteiger partial charge in [-0.25, -0.2) is 9.48 Å². The number of hydrogen-bond acceptors (Lipinski definition) is 4. The van der Waals surface area contributed by atoms with E-state index in [2.05, 4.69) is 31.4 Å². The van der Waals surface area contributed by atoms with Crippen LogP contribution >= 0.6 is 0 Å². The predicted molar refractivity (Wildman–Crippen MR) is 144 cm³/mol. The van der Waals surface area contributed by atoms with Crippen molar-refractivity contribution in [1.82, 2.24) is 14.7 Å². The highest BCUT2D eigenvalue weighted by Gasteiger charge is 2.23. The van der Waals surface area contributed by atoms with Crippen LogP contribution in [-0.2, 0) is 14.9 Å². The zero-order valence-corrected chi connectivity index (χ0v) is 22.1. The maximum absolute atomic E-state index is 13.2. The number of ether oxygens (including phenoxy) is 1. The van der Waals surface area contributed by atoms with Gasteiger partial charge in [0.2, 0.25) is 5.91 Å². The number of methoxy groups -OCH3 is 1. The van der Waals surface area contributed by atoms with Gasteiger partial charge in [-0.2, -0.15) is 5.10 Å². The van der Waals surface area contributed by atoms with Gasteiger partial charge in [0.05, 0.1) is 11.4 Å². The summed E-state index contributed by atoms with van der Waals surface area (Å²) in [5.74, 6) is 0.261. The molecule has 0 aliphatic rings. The Kier molecular flexibility index (Phi) is 8.88. The molecule has 0 unspecified atom stereocenters. The van der Waals surface area contributed by atoms with Crippen LogP contribution in [0.3, 0.4) is 0 Å². The van der Waals surface area contributed by atoms with E-state index in [9.17, 15) is 9.59 Å². The maximum Gasteiger partial charge on any atom is 0.322 e. The molecule has 1 aromatic heterocycles. The highest BCUT2D eigenvalue weighted by molar-refractivity contribution is 5.96. The van der Waals surface area contributed by atoms with Crippen molar-refractivity contribution in [1.29, 1.82) is 0 Å². The van der Waals surface area contributed by atoms with Gasteiger partial charge in [0.1, 0.15) is 12.4 Å². The first kappa shape index (κ1) is 26.9. The highest BCUT2D eigenvalue weighted by Crippen LogP contribution is 2.27. The fraction of sp³-hybridized carbons (Fsp3) is 0.393. The van der Waals surface area contributed by atoms with Crippen LogP contribution in [0.15, 0.2) is 54.6 Å². The van der Waals surface area contributed by atoms with Crippen LogP contribution < -0.4 is 10.6 Å². The van der Waals surface area contributed by atoms with Crippen molar-refractivity contribution in [3.05, 3.63) is 71.4 Å². The summed E-state index contributed by atoms with van der Waals surface area (Å²) in [5, 5.41) is 10.7. The van der Waals surface area contributed by atoms with Crippen molar-refractivity contribution in [2.24, 2.45) is 0 Å². The fourth-order valence-corrected chi connectivity index (χ4v) is 3.75. The minimum Gasteiger partial charge on any atom is -0.385 e. The molecular formula is C28H37N5O3. The first-order valence-corrected chi connectivity index (χ1v) is 12.2. The van der Waals surface area contributed by atoms with E-state index < -0.39 is 0 Å². The minimum absolute atomic E-state index is 0.106. The zero-order valence-electron chi connectivity index (χ0n) is 22.1. The van der Waals surface area contributed by atoms with Crippen LogP contribution in [0, 0.1) is 13.8 Å². The van der Waals surface area contributed by atoms with Gasteiger partial charge >= 0.3 is 6.03 Å². The molecule has 0 saturated heterocycles. The number of carbonyl (C=O) groups is 2. The number of nitrogens with one attached hydrogen (secondary N) is 2. The molecule has 1 heterocycles. The summed E-state index contributed by atoms with van der Waals surface area (Å²) in [6, 6.07) is 17.0. The third-order valence-electron chi connectivity index (χ3n) is 5.76. The summed E-state index contributed by atoms with van der Waals surface area (Å²) < 4.78 is 6.91. The average molecular weight is 492 g/mol. The number of aromatic nitrogens is 2. The van der Waals surface area contributed by atoms with E-state index in [1.165, 1.54) is 4.90 Å². The van der Waals surface area contributed by atoms with Gasteiger partial charge in [-0.15, -0.1) is 0 Å². The number of amides is 3. The maximum atomic E-state index is 13.2. The number of carbonyl (C=O) groups excluding carboxylic acids is 2. The summed E-state index contributed by atoms with van der Waals surface area (Å²) in [4.78, 5) is 27.7. The molecule has 2 aromatic carbocycles. The van der Waals surface area contributed by atoms with Crippen molar-refractivity contribution in [3.63, 3.8) is 0 Å². The molecule has 192 valence electrons. The van der Waals surface area contributed by atoms with Crippen molar-refractivity contribution in [2.45, 2.75) is 46.5 Å². The largest absolute Gasteiger partial charge is 0.385 e. The Morgan fingerprint density at radius 1 is 1.03 bits per heavy atom. The van der Waals surface area contributed by atoms with Gasteiger partial charge in [0.25, 0.3) is 0 Å². The SMILES string of the molecule is COCCCN(CC(=O)Nc1cc(C(C)(C)C)nn1-c1ccccc1C)C(=O)Nc1cccc(C)c1. The summed E-state index contributed by atoms with van der Waals surface area (Å²) in [6.07, 6.45) is 0.611. The normalized spacial score (nSPS) is 11.3. The van der Waals surface area contributed by atoms with Crippen molar-refractivity contribution < 1.29 is 14.3 Å². The van der Waals surface area contributed by atoms with Gasteiger partial charge in [-0.3, -0.25) is 4.79 Å². The first-order valence-electron chi connectivity index (χ1n) is 12.2. The Balaban J connectivity index is 1.81. The Labute approximate surface area is 213 Å². The van der Waals surface area contributed by atoms with Crippen molar-refractivity contribution in [2.75, 3.05) is 37.4 Å². The van der Waals surface area contributed by atoms with Gasteiger partial charge < -0.3 is 20.3 Å². The van der Waals surface area contributed by atoms with Gasteiger partial charge in [0.15, 0.2) is 0 Å². The molecule has 3 rings (SSSR count). The molecule has 0 aliphatic carbocycles. The van der Waals surface area contributed by atoms with Crippen molar-refractivity contribution in [3.8, 4) is 5.69 Å². The van der Waals surface area contributed by atoms with E-state index in [0.29, 0.717) is 31.1 Å². The topological polar surface area (TPSA) is 88.5 Å². The molecule has 8 nitrogen and oxygen atoms in total. The van der Waals surface area contributed by atoms with Crippen LogP contribution in [0.2, 0.25) is 0 Å². The third-order valence-corrected chi connectivity index (χ3v) is 5.76. The number of para-hydroxylation sites is 1. The van der Waals surface area contributed by atoms with Gasteiger partial charge in [-0.1, -0.05) is 51.1 Å². The van der Waals surface area contributed by atoms with Crippen LogP contribution in [0.25, 0.3) is 5.69 Å². The lowest BCUT2D eigenvalue weighted by Crippen LogP contribution is -2.41. The number of nitrogens with zero attached hydrogens (tertiary/aromatic N) is 3. The summed E-state index contributed by atoms with van der Waals surface area (Å²) in [7, 11) is 1.61. The third kappa shape index (κ3) is 7.18. The molecule has 8 heteroatoms. The van der Waals surface area contributed by atoms with Crippen molar-refractivity contribution >= 4 is 23.4 Å². The standard InChI is InChI=1S/C28H37N5O3/c1-20-11-9-13-22(17-20)29-27(35)32(15-10-16-36-6)19-26(34)30-25-18-24(28(3,4)5)31-33(25)23-14-8-7-12-21(23)2/h7-9,11-14,17-18H,10,15-16,19H2,1-6H3,(H,29,35)(H,30,34). The van der Waals surface area contributed by atoms with Crippen LogP contribution in [0.4, 0.5) is 16.3 Å². The van der Waals surface area contributed by atoms with E-state index in [-0.39, 0.29) is 23.9 Å². The van der Waals surface area contributed by atoms with E-state index in [4.69, 9.17) is 9.84 Å². The lowest BCUT2D eigenvalue weighted by atomic mass is 9.92. The lowest BCUT2D eigenvalue weighted by molar-refractivity contribution is -0.116. The van der Waals surface area contributed by atoms with E-state index >= 15 is 0 Å². The quantitative estimate of drug-likeness (QED) is 0.398. The van der Waals surface area contributed by atoms with Gasteiger partial charge in [-0.05, 0) is 49.6 Å². The highest BCUT2D eigenvalue weighted by atomic mass is 16.5. The Morgan fingerprint density at radius 3 is 2.44 bits per heavy atom. The molecule has 0 radical (unpaired) electrons. The fourth-order valence-electron chi connectivity index (χ4n) is 3.75. The molecule has 2 N–H and O–H groups in total. The van der Waals surface area contributed by atoms with Crippen LogP contribution in [-0.4, -0.2) is 53.4 Å². The molecule has 0 saturated carbocycles. The second-order valence-electron chi connectivity index (χ2n) is 9.98. The Morgan fingerprint density at radius 2 is 1.78 bits per heavy atom. The lowest BCUT2D eigenvalue weighted by Gasteiger charge is -2.23. The molecule has 0 atom stereocenters. The number of rotatable bonds is 9. The number of anilines is 2. The van der Waals surface area contributed by atoms with Crippen LogP contribution in [0.1, 0.15) is 44.0 Å². The molecule has 0 fully saturated rings. The Hall–Kier alpha value is -3.65. The number of hydrogen-bond donors (Lipinski definition) is 2. The predicted octanol–water partition coefficient (Wildman–Crippen LogP) is 5.30. The minimum atomic E-state index is -0.338. The van der Waals surface area contributed by atoms with Gasteiger partial charge in [0, 0.05) is 37.4 Å². The summed E-state index contributed by atoms with van der Waals surface area (Å²) >= 11 is 0. The van der Waals surface area contributed by atoms with E-state index in [0.717, 1.165) is 22.5 Å². The monoisotopic (exact) mass is 491 g/mol. The molecule has 3 aromatic rings. The number of urea groups is 1. The van der Waals surface area contributed by atoms with E-state index in [1.807, 2.05) is 68.4 Å². The smallest absolute Gasteiger partial charge is 0.322 e. The second kappa shape index (κ2) is 11.9. The summed E-state index contributed by atoms with van der Waals surface area (Å²) in [6.45, 7) is 11.0. The molecule has 0 bridgehead atoms. The Bertz CT molecular complexity index is 1200. The zero-order chi connectivity index (χ0) is 26.3. The second-order valence-corrected chi connectivity index (χ2v) is 9.98. The first-order chi connectivity index (χ1) is 17.1. The molecule has 36 heavy (non-hydrogen) atoms.